The van der Waals surface area contributed by atoms with Crippen molar-refractivity contribution >= 4 is 5.91 Å². The fourth-order valence-corrected chi connectivity index (χ4v) is 2.63. The Morgan fingerprint density at radius 1 is 1.15 bits per heavy atom. The molecule has 0 atom stereocenters. The highest BCUT2D eigenvalue weighted by atomic mass is 19.1. The van der Waals surface area contributed by atoms with Crippen molar-refractivity contribution in [3.05, 3.63) is 70.5 Å². The molecule has 0 bridgehead atoms. The van der Waals surface area contributed by atoms with Gasteiger partial charge in [0.25, 0.3) is 5.91 Å². The number of carbonyl (C=O) groups is 1. The fourth-order valence-electron chi connectivity index (χ4n) is 2.63. The summed E-state index contributed by atoms with van der Waals surface area (Å²) in [7, 11) is 0. The van der Waals surface area contributed by atoms with Crippen molar-refractivity contribution in [1.29, 1.82) is 0 Å². The second-order valence-corrected chi connectivity index (χ2v) is 5.21. The molecular formula is C17H16FNO. The zero-order chi connectivity index (χ0) is 14.1. The van der Waals surface area contributed by atoms with Gasteiger partial charge < -0.3 is 4.90 Å². The summed E-state index contributed by atoms with van der Waals surface area (Å²) in [6.45, 7) is 3.02. The normalized spacial score (nSPS) is 14.0. The monoisotopic (exact) mass is 269 g/mol. The molecule has 1 aliphatic heterocycles. The molecule has 0 aromatic heterocycles. The number of hydrogen-bond acceptors (Lipinski definition) is 1. The number of nitrogens with zero attached hydrogens (tertiary/aromatic N) is 1. The summed E-state index contributed by atoms with van der Waals surface area (Å²) in [6.07, 6.45) is 0.877. The van der Waals surface area contributed by atoms with Gasteiger partial charge in [-0.05, 0) is 48.2 Å². The van der Waals surface area contributed by atoms with E-state index in [1.807, 2.05) is 17.0 Å². The molecule has 1 heterocycles. The predicted molar refractivity (Wildman–Crippen MR) is 76.0 cm³/mol. The van der Waals surface area contributed by atoms with Crippen molar-refractivity contribution in [2.45, 2.75) is 19.9 Å². The Morgan fingerprint density at radius 2 is 1.90 bits per heavy atom. The number of halogens is 1. The molecule has 0 saturated carbocycles. The number of hydrogen-bond donors (Lipinski definition) is 0. The van der Waals surface area contributed by atoms with Crippen LogP contribution in [-0.2, 0) is 13.0 Å². The average Bonchev–Trinajstić information content (AvgIpc) is 2.49. The highest BCUT2D eigenvalue weighted by Crippen LogP contribution is 2.21. The Hall–Kier alpha value is -2.16. The molecule has 2 aromatic rings. The summed E-state index contributed by atoms with van der Waals surface area (Å²) < 4.78 is 13.3. The molecule has 0 aliphatic carbocycles. The highest BCUT2D eigenvalue weighted by Gasteiger charge is 2.21. The van der Waals surface area contributed by atoms with Gasteiger partial charge in [-0.25, -0.2) is 4.39 Å². The number of rotatable bonds is 1. The summed E-state index contributed by atoms with van der Waals surface area (Å²) in [5.41, 5.74) is 3.58. The van der Waals surface area contributed by atoms with Crippen LogP contribution in [0.15, 0.2) is 42.5 Å². The number of benzene rings is 2. The number of carbonyl (C=O) groups excluding carboxylic acids is 1. The SMILES string of the molecule is Cc1cc(C(=O)N2CCc3ccccc3C2)ccc1F. The quantitative estimate of drug-likeness (QED) is 0.777. The van der Waals surface area contributed by atoms with E-state index in [0.29, 0.717) is 24.2 Å². The molecule has 3 heteroatoms. The van der Waals surface area contributed by atoms with Crippen molar-refractivity contribution in [2.75, 3.05) is 6.54 Å². The topological polar surface area (TPSA) is 20.3 Å². The molecule has 2 nitrogen and oxygen atoms in total. The van der Waals surface area contributed by atoms with Crippen molar-refractivity contribution in [1.82, 2.24) is 4.90 Å². The molecule has 0 saturated heterocycles. The molecule has 0 radical (unpaired) electrons. The zero-order valence-corrected chi connectivity index (χ0v) is 11.4. The molecule has 20 heavy (non-hydrogen) atoms. The standard InChI is InChI=1S/C17H16FNO/c1-12-10-14(6-7-16(12)18)17(20)19-9-8-13-4-2-3-5-15(13)11-19/h2-7,10H,8-9,11H2,1H3. The van der Waals surface area contributed by atoms with Gasteiger partial charge in [-0.3, -0.25) is 4.79 Å². The van der Waals surface area contributed by atoms with Crippen LogP contribution in [0.1, 0.15) is 27.0 Å². The predicted octanol–water partition coefficient (Wildman–Crippen LogP) is 3.33. The first-order valence-corrected chi connectivity index (χ1v) is 6.77. The van der Waals surface area contributed by atoms with Gasteiger partial charge in [-0.1, -0.05) is 24.3 Å². The molecule has 1 amide bonds. The van der Waals surface area contributed by atoms with Crippen molar-refractivity contribution in [2.24, 2.45) is 0 Å². The van der Waals surface area contributed by atoms with E-state index in [-0.39, 0.29) is 11.7 Å². The van der Waals surface area contributed by atoms with E-state index in [1.54, 1.807) is 19.1 Å². The highest BCUT2D eigenvalue weighted by molar-refractivity contribution is 5.94. The van der Waals surface area contributed by atoms with E-state index in [4.69, 9.17) is 0 Å². The Morgan fingerprint density at radius 3 is 2.65 bits per heavy atom. The molecule has 102 valence electrons. The first kappa shape index (κ1) is 12.9. The first-order valence-electron chi connectivity index (χ1n) is 6.77. The number of fused-ring (bicyclic) bond motifs is 1. The van der Waals surface area contributed by atoms with Gasteiger partial charge in [0.1, 0.15) is 5.82 Å². The van der Waals surface area contributed by atoms with E-state index in [1.165, 1.54) is 17.2 Å². The number of amides is 1. The lowest BCUT2D eigenvalue weighted by molar-refractivity contribution is 0.0734. The van der Waals surface area contributed by atoms with Gasteiger partial charge in [-0.15, -0.1) is 0 Å². The first-order chi connectivity index (χ1) is 9.65. The van der Waals surface area contributed by atoms with E-state index < -0.39 is 0 Å². The van der Waals surface area contributed by atoms with Crippen LogP contribution >= 0.6 is 0 Å². The molecule has 2 aromatic carbocycles. The summed E-state index contributed by atoms with van der Waals surface area (Å²) in [5.74, 6) is -0.298. The summed E-state index contributed by atoms with van der Waals surface area (Å²) in [6, 6.07) is 12.7. The second-order valence-electron chi connectivity index (χ2n) is 5.21. The van der Waals surface area contributed by atoms with Crippen LogP contribution in [0, 0.1) is 12.7 Å². The van der Waals surface area contributed by atoms with Gasteiger partial charge >= 0.3 is 0 Å². The average molecular weight is 269 g/mol. The Balaban J connectivity index is 1.84. The molecule has 1 aliphatic rings. The lowest BCUT2D eigenvalue weighted by atomic mass is 9.99. The minimum absolute atomic E-state index is 0.0254. The molecule has 0 spiro atoms. The van der Waals surface area contributed by atoms with Gasteiger partial charge in [0.05, 0.1) is 0 Å². The van der Waals surface area contributed by atoms with E-state index in [9.17, 15) is 9.18 Å². The van der Waals surface area contributed by atoms with Crippen LogP contribution in [0.5, 0.6) is 0 Å². The Kier molecular flexibility index (Phi) is 3.26. The summed E-state index contributed by atoms with van der Waals surface area (Å²) in [4.78, 5) is 14.3. The largest absolute Gasteiger partial charge is 0.334 e. The van der Waals surface area contributed by atoms with E-state index in [2.05, 4.69) is 12.1 Å². The van der Waals surface area contributed by atoms with Gasteiger partial charge in [0.2, 0.25) is 0 Å². The minimum atomic E-state index is -0.273. The molecule has 0 N–H and O–H groups in total. The fraction of sp³-hybridized carbons (Fsp3) is 0.235. The van der Waals surface area contributed by atoms with Crippen molar-refractivity contribution in [3.63, 3.8) is 0 Å². The maximum Gasteiger partial charge on any atom is 0.254 e. The van der Waals surface area contributed by atoms with Crippen molar-refractivity contribution < 1.29 is 9.18 Å². The third-order valence-electron chi connectivity index (χ3n) is 3.82. The second kappa shape index (κ2) is 5.08. The molecule has 0 fully saturated rings. The third kappa shape index (κ3) is 2.31. The minimum Gasteiger partial charge on any atom is -0.334 e. The van der Waals surface area contributed by atoms with Crippen LogP contribution in [0.2, 0.25) is 0 Å². The summed E-state index contributed by atoms with van der Waals surface area (Å²) in [5, 5.41) is 0. The maximum absolute atomic E-state index is 13.3. The van der Waals surface area contributed by atoms with Crippen LogP contribution in [0.4, 0.5) is 4.39 Å². The summed E-state index contributed by atoms with van der Waals surface area (Å²) >= 11 is 0. The molecule has 0 unspecified atom stereocenters. The smallest absolute Gasteiger partial charge is 0.254 e. The van der Waals surface area contributed by atoms with Crippen molar-refractivity contribution in [3.8, 4) is 0 Å². The van der Waals surface area contributed by atoms with Gasteiger partial charge in [-0.2, -0.15) is 0 Å². The lowest BCUT2D eigenvalue weighted by Crippen LogP contribution is -2.35. The number of aryl methyl sites for hydroxylation is 1. The van der Waals surface area contributed by atoms with Crippen LogP contribution < -0.4 is 0 Å². The van der Waals surface area contributed by atoms with Crippen LogP contribution in [-0.4, -0.2) is 17.4 Å². The van der Waals surface area contributed by atoms with E-state index in [0.717, 1.165) is 6.42 Å². The Bertz CT molecular complexity index is 666. The van der Waals surface area contributed by atoms with Gasteiger partial charge in [0, 0.05) is 18.7 Å². The maximum atomic E-state index is 13.3. The lowest BCUT2D eigenvalue weighted by Gasteiger charge is -2.29. The Labute approximate surface area is 117 Å². The van der Waals surface area contributed by atoms with E-state index >= 15 is 0 Å². The third-order valence-corrected chi connectivity index (χ3v) is 3.82. The van der Waals surface area contributed by atoms with Crippen LogP contribution in [0.3, 0.4) is 0 Å². The van der Waals surface area contributed by atoms with Crippen LogP contribution in [0.25, 0.3) is 0 Å². The molecular weight excluding hydrogens is 253 g/mol. The van der Waals surface area contributed by atoms with Gasteiger partial charge in [0.15, 0.2) is 0 Å². The zero-order valence-electron chi connectivity index (χ0n) is 11.4. The molecule has 3 rings (SSSR count).